The number of carboxylic acid groups (broad SMARTS) is 2. The minimum atomic E-state index is -1.49. The van der Waals surface area contributed by atoms with E-state index in [-0.39, 0.29) is 25.8 Å². The SMILES string of the molecule is C=C([O-])C(=O)O.C=C([O-])C(=O)O.CC1=[C-]C(C)C(C)=C1C.CC1=[C-]C(C)C(C)=C1C.[Hf+4]. The molecule has 168 valence electrons. The van der Waals surface area contributed by atoms with Gasteiger partial charge in [-0.1, -0.05) is 66.5 Å². The van der Waals surface area contributed by atoms with Gasteiger partial charge in [0.1, 0.15) is 0 Å². The van der Waals surface area contributed by atoms with Gasteiger partial charge in [0.05, 0.1) is 0 Å². The van der Waals surface area contributed by atoms with Crippen LogP contribution >= 0.6 is 0 Å². The van der Waals surface area contributed by atoms with Crippen molar-refractivity contribution in [1.82, 2.24) is 0 Å². The van der Waals surface area contributed by atoms with Gasteiger partial charge in [0.25, 0.3) is 0 Å². The van der Waals surface area contributed by atoms with Gasteiger partial charge in [-0.3, -0.25) is 12.2 Å². The van der Waals surface area contributed by atoms with Gasteiger partial charge in [-0.2, -0.15) is 22.3 Å². The van der Waals surface area contributed by atoms with E-state index in [4.69, 9.17) is 10.2 Å². The molecular weight excluding hydrogens is 563 g/mol. The Hall–Kier alpha value is -2.15. The third-order valence-corrected chi connectivity index (χ3v) is 4.95. The third-order valence-electron chi connectivity index (χ3n) is 4.95. The quantitative estimate of drug-likeness (QED) is 0.219. The molecule has 0 saturated heterocycles. The van der Waals surface area contributed by atoms with Crippen molar-refractivity contribution >= 4 is 11.9 Å². The van der Waals surface area contributed by atoms with Gasteiger partial charge in [0, 0.05) is 0 Å². The van der Waals surface area contributed by atoms with Crippen LogP contribution in [0.2, 0.25) is 0 Å². The van der Waals surface area contributed by atoms with Crippen LogP contribution in [-0.4, -0.2) is 22.2 Å². The van der Waals surface area contributed by atoms with Crippen molar-refractivity contribution < 1.29 is 55.9 Å². The van der Waals surface area contributed by atoms with Crippen LogP contribution in [0.15, 0.2) is 58.1 Å². The summed E-state index contributed by atoms with van der Waals surface area (Å²) in [5.41, 5.74) is 8.49. The van der Waals surface area contributed by atoms with Gasteiger partial charge >= 0.3 is 37.8 Å². The summed E-state index contributed by atoms with van der Waals surface area (Å²) in [5.74, 6) is -4.01. The Bertz CT molecular complexity index is 720. The van der Waals surface area contributed by atoms with E-state index in [1.54, 1.807) is 0 Å². The Kier molecular flexibility index (Phi) is 16.9. The van der Waals surface area contributed by atoms with Gasteiger partial charge in [-0.05, 0) is 11.5 Å². The van der Waals surface area contributed by atoms with E-state index in [1.807, 2.05) is 0 Å². The second-order valence-electron chi connectivity index (χ2n) is 7.05. The predicted octanol–water partition coefficient (Wildman–Crippen LogP) is 3.33. The summed E-state index contributed by atoms with van der Waals surface area (Å²) in [6.45, 7) is 22.5. The van der Waals surface area contributed by atoms with Crippen LogP contribution in [0.1, 0.15) is 55.4 Å². The molecule has 2 atom stereocenters. The summed E-state index contributed by atoms with van der Waals surface area (Å²) in [5, 5.41) is 34.0. The van der Waals surface area contributed by atoms with Gasteiger partial charge in [0.2, 0.25) is 0 Å². The Morgan fingerprint density at radius 2 is 0.935 bits per heavy atom. The van der Waals surface area contributed by atoms with E-state index in [0.717, 1.165) is 0 Å². The molecule has 2 aliphatic carbocycles. The van der Waals surface area contributed by atoms with E-state index >= 15 is 0 Å². The third kappa shape index (κ3) is 13.0. The number of carbonyl (C=O) groups is 2. The molecule has 2 unspecified atom stereocenters. The smallest absolute Gasteiger partial charge is 0.868 e. The zero-order chi connectivity index (χ0) is 24.3. The molecule has 0 heterocycles. The standard InChI is InChI=1S/2C9H13.2C3H4O3.Hf/c2*1-6-5-7(2)9(4)8(6)3;2*1-2(4)3(5)6;/h2*6H,1-4H3;2*4H,1H2,(H,5,6);/q2*-1;;;+4/p-2. The first-order valence-corrected chi connectivity index (χ1v) is 9.28. The fraction of sp³-hybridized carbons (Fsp3) is 0.417. The topological polar surface area (TPSA) is 121 Å². The van der Waals surface area contributed by atoms with E-state index in [2.05, 4.69) is 80.7 Å². The maximum Gasteiger partial charge on any atom is 4.00 e. The average molecular weight is 595 g/mol. The van der Waals surface area contributed by atoms with E-state index in [9.17, 15) is 19.8 Å². The fourth-order valence-corrected chi connectivity index (χ4v) is 2.32. The van der Waals surface area contributed by atoms with Crippen molar-refractivity contribution in [3.05, 3.63) is 70.3 Å². The van der Waals surface area contributed by atoms with Crippen molar-refractivity contribution in [1.29, 1.82) is 0 Å². The van der Waals surface area contributed by atoms with Crippen LogP contribution in [0, 0.1) is 24.0 Å². The second kappa shape index (κ2) is 15.6. The molecule has 2 aliphatic rings. The van der Waals surface area contributed by atoms with Crippen molar-refractivity contribution in [3.63, 3.8) is 0 Å². The van der Waals surface area contributed by atoms with Crippen molar-refractivity contribution in [3.8, 4) is 0 Å². The van der Waals surface area contributed by atoms with Crippen molar-refractivity contribution in [2.24, 2.45) is 11.8 Å². The monoisotopic (exact) mass is 596 g/mol. The first-order valence-electron chi connectivity index (χ1n) is 9.28. The molecule has 0 amide bonds. The maximum absolute atomic E-state index is 9.43. The van der Waals surface area contributed by atoms with Crippen LogP contribution in [0.4, 0.5) is 0 Å². The maximum atomic E-state index is 9.43. The molecule has 0 aromatic heterocycles. The number of rotatable bonds is 2. The summed E-state index contributed by atoms with van der Waals surface area (Å²) < 4.78 is 0. The Balaban J connectivity index is -0.000000341. The van der Waals surface area contributed by atoms with Crippen molar-refractivity contribution in [2.75, 3.05) is 0 Å². The Morgan fingerprint density at radius 1 is 0.742 bits per heavy atom. The molecule has 0 spiro atoms. The zero-order valence-electron chi connectivity index (χ0n) is 19.6. The molecule has 2 N–H and O–H groups in total. The van der Waals surface area contributed by atoms with Crippen LogP contribution in [0.5, 0.6) is 0 Å². The number of hydrogen-bond donors (Lipinski definition) is 2. The van der Waals surface area contributed by atoms with Crippen molar-refractivity contribution in [2.45, 2.75) is 55.4 Å². The summed E-state index contributed by atoms with van der Waals surface area (Å²) >= 11 is 0. The molecule has 0 saturated carbocycles. The van der Waals surface area contributed by atoms with E-state index < -0.39 is 23.5 Å². The Morgan fingerprint density at radius 3 is 0.968 bits per heavy atom. The average Bonchev–Trinajstić information content (AvgIpc) is 2.99. The minimum Gasteiger partial charge on any atom is -0.868 e. The van der Waals surface area contributed by atoms with Crippen LogP contribution in [0.25, 0.3) is 0 Å². The molecule has 0 aromatic carbocycles. The molecule has 0 aliphatic heterocycles. The van der Waals surface area contributed by atoms with Gasteiger partial charge in [-0.25, -0.2) is 20.7 Å². The van der Waals surface area contributed by atoms with Crippen LogP contribution in [-0.2, 0) is 35.4 Å². The van der Waals surface area contributed by atoms with E-state index in [1.165, 1.54) is 33.4 Å². The second-order valence-corrected chi connectivity index (χ2v) is 7.05. The molecule has 0 aromatic rings. The summed E-state index contributed by atoms with van der Waals surface area (Å²) in [4.78, 5) is 18.6. The molecule has 2 rings (SSSR count). The molecule has 6 nitrogen and oxygen atoms in total. The predicted molar refractivity (Wildman–Crippen MR) is 113 cm³/mol. The van der Waals surface area contributed by atoms with Crippen LogP contribution < -0.4 is 10.2 Å². The molecule has 31 heavy (non-hydrogen) atoms. The molecule has 0 fully saturated rings. The number of allylic oxidation sites excluding steroid dienone is 8. The Labute approximate surface area is 204 Å². The summed E-state index contributed by atoms with van der Waals surface area (Å²) in [6, 6.07) is 0. The number of carboxylic acids is 2. The van der Waals surface area contributed by atoms with Gasteiger partial charge < -0.3 is 20.4 Å². The van der Waals surface area contributed by atoms with Crippen LogP contribution in [0.3, 0.4) is 0 Å². The van der Waals surface area contributed by atoms with Gasteiger partial charge in [-0.15, -0.1) is 13.8 Å². The fourth-order valence-electron chi connectivity index (χ4n) is 2.32. The normalized spacial score (nSPS) is 18.6. The number of aliphatic carboxylic acids is 2. The zero-order valence-corrected chi connectivity index (χ0v) is 23.2. The molecule has 7 heteroatoms. The molecule has 0 radical (unpaired) electrons. The number of hydrogen-bond acceptors (Lipinski definition) is 4. The van der Waals surface area contributed by atoms with Gasteiger partial charge in [0.15, 0.2) is 0 Å². The largest absolute Gasteiger partial charge is 4.00 e. The summed E-state index contributed by atoms with van der Waals surface area (Å²) in [6.07, 6.45) is 6.72. The molecule has 0 bridgehead atoms. The first kappa shape index (κ1) is 33.5. The first-order chi connectivity index (χ1) is 13.5. The molecular formula is C24H32HfO6. The minimum absolute atomic E-state index is 0. The van der Waals surface area contributed by atoms with E-state index in [0.29, 0.717) is 11.8 Å². The summed E-state index contributed by atoms with van der Waals surface area (Å²) in [7, 11) is 0.